The van der Waals surface area contributed by atoms with Crippen molar-refractivity contribution in [1.82, 2.24) is 10.2 Å². The number of para-hydroxylation sites is 1. The number of anilines is 1. The number of rotatable bonds is 11. The number of methoxy groups -OCH3 is 1. The molecule has 0 spiro atoms. The van der Waals surface area contributed by atoms with Crippen molar-refractivity contribution in [2.24, 2.45) is 0 Å². The maximum absolute atomic E-state index is 13.6. The number of hydrogen-bond donors (Lipinski definition) is 1. The lowest BCUT2D eigenvalue weighted by atomic mass is 10.1. The van der Waals surface area contributed by atoms with Crippen LogP contribution < -0.4 is 14.4 Å². The fourth-order valence-electron chi connectivity index (χ4n) is 3.67. The Morgan fingerprint density at radius 3 is 2.18 bits per heavy atom. The third-order valence-electron chi connectivity index (χ3n) is 5.39. The van der Waals surface area contributed by atoms with Crippen LogP contribution in [0.25, 0.3) is 0 Å². The van der Waals surface area contributed by atoms with Gasteiger partial charge in [0.2, 0.25) is 21.8 Å². The number of amides is 2. The molecule has 2 rings (SSSR count). The largest absolute Gasteiger partial charge is 0.497 e. The highest BCUT2D eigenvalue weighted by Crippen LogP contribution is 2.23. The summed E-state index contributed by atoms with van der Waals surface area (Å²) in [6.07, 6.45) is 1.45. The molecule has 1 N–H and O–H groups in total. The summed E-state index contributed by atoms with van der Waals surface area (Å²) in [6.45, 7) is 7.06. The van der Waals surface area contributed by atoms with Crippen LogP contribution in [0.1, 0.15) is 38.3 Å². The number of carbonyl (C=O) groups excluding carboxylic acids is 2. The van der Waals surface area contributed by atoms with Crippen LogP contribution in [-0.4, -0.2) is 57.1 Å². The third-order valence-corrected chi connectivity index (χ3v) is 6.52. The van der Waals surface area contributed by atoms with Crippen molar-refractivity contribution in [3.8, 4) is 5.75 Å². The van der Waals surface area contributed by atoms with Crippen molar-refractivity contribution in [3.63, 3.8) is 0 Å². The van der Waals surface area contributed by atoms with E-state index in [2.05, 4.69) is 5.32 Å². The van der Waals surface area contributed by atoms with Gasteiger partial charge < -0.3 is 15.0 Å². The number of nitrogens with zero attached hydrogens (tertiary/aromatic N) is 2. The Balaban J connectivity index is 2.44. The first-order valence-corrected chi connectivity index (χ1v) is 13.1. The zero-order valence-electron chi connectivity index (χ0n) is 20.7. The summed E-state index contributed by atoms with van der Waals surface area (Å²) in [5.41, 5.74) is 1.96. The van der Waals surface area contributed by atoms with E-state index in [4.69, 9.17) is 4.74 Å². The summed E-state index contributed by atoms with van der Waals surface area (Å²) in [5.74, 6) is -0.0644. The van der Waals surface area contributed by atoms with Gasteiger partial charge in [-0.25, -0.2) is 8.42 Å². The van der Waals surface area contributed by atoms with Crippen LogP contribution in [0.3, 0.4) is 0 Å². The highest BCUT2D eigenvalue weighted by Gasteiger charge is 2.32. The molecule has 2 aromatic rings. The van der Waals surface area contributed by atoms with Crippen LogP contribution in [0, 0.1) is 6.92 Å². The van der Waals surface area contributed by atoms with Crippen molar-refractivity contribution in [2.45, 2.75) is 52.7 Å². The number of hydrogen-bond acceptors (Lipinski definition) is 5. The monoisotopic (exact) mass is 489 g/mol. The molecule has 34 heavy (non-hydrogen) atoms. The van der Waals surface area contributed by atoms with Gasteiger partial charge in [0.25, 0.3) is 0 Å². The average molecular weight is 490 g/mol. The molecule has 0 aliphatic heterocycles. The van der Waals surface area contributed by atoms with E-state index < -0.39 is 28.5 Å². The minimum atomic E-state index is -3.75. The van der Waals surface area contributed by atoms with Gasteiger partial charge in [-0.05, 0) is 56.5 Å². The zero-order valence-corrected chi connectivity index (χ0v) is 21.6. The topological polar surface area (TPSA) is 96.0 Å². The molecule has 1 atom stereocenters. The molecule has 9 heteroatoms. The van der Waals surface area contributed by atoms with Gasteiger partial charge in [0.05, 0.1) is 19.1 Å². The molecule has 0 aliphatic rings. The predicted octanol–water partition coefficient (Wildman–Crippen LogP) is 3.10. The van der Waals surface area contributed by atoms with Crippen molar-refractivity contribution < 1.29 is 22.7 Å². The second-order valence-corrected chi connectivity index (χ2v) is 10.4. The Morgan fingerprint density at radius 1 is 1.06 bits per heavy atom. The number of benzene rings is 2. The van der Waals surface area contributed by atoms with Gasteiger partial charge in [-0.15, -0.1) is 0 Å². The predicted molar refractivity (Wildman–Crippen MR) is 134 cm³/mol. The van der Waals surface area contributed by atoms with Gasteiger partial charge >= 0.3 is 0 Å². The lowest BCUT2D eigenvalue weighted by molar-refractivity contribution is -0.140. The highest BCUT2D eigenvalue weighted by atomic mass is 32.2. The smallest absolute Gasteiger partial charge is 0.244 e. The lowest BCUT2D eigenvalue weighted by Gasteiger charge is -2.33. The Bertz CT molecular complexity index is 1080. The molecule has 0 bridgehead atoms. The summed E-state index contributed by atoms with van der Waals surface area (Å²) in [6, 6.07) is 13.3. The fraction of sp³-hybridized carbons (Fsp3) is 0.440. The van der Waals surface area contributed by atoms with E-state index in [0.29, 0.717) is 17.9 Å². The van der Waals surface area contributed by atoms with Crippen molar-refractivity contribution in [3.05, 3.63) is 59.7 Å². The van der Waals surface area contributed by atoms with E-state index in [1.807, 2.05) is 32.9 Å². The molecule has 186 valence electrons. The first-order chi connectivity index (χ1) is 16.0. The Morgan fingerprint density at radius 2 is 1.68 bits per heavy atom. The van der Waals surface area contributed by atoms with Gasteiger partial charge in [0.1, 0.15) is 18.3 Å². The van der Waals surface area contributed by atoms with Crippen molar-refractivity contribution in [2.75, 3.05) is 24.2 Å². The lowest BCUT2D eigenvalue weighted by Crippen LogP contribution is -2.53. The molecular formula is C25H35N3O5S. The molecule has 2 amide bonds. The van der Waals surface area contributed by atoms with Crippen LogP contribution in [0.4, 0.5) is 5.69 Å². The molecule has 0 heterocycles. The first-order valence-electron chi connectivity index (χ1n) is 11.2. The van der Waals surface area contributed by atoms with Crippen LogP contribution in [0.5, 0.6) is 5.75 Å². The number of aryl methyl sites for hydroxylation is 1. The normalized spacial score (nSPS) is 12.2. The Kier molecular flexibility index (Phi) is 9.49. The standard InChI is InChI=1S/C25H35N3O5S/c1-7-22(25(30)26-18(2)3)27(16-20-12-14-21(33-5)15-13-20)24(29)17-28(34(6,31)32)23-11-9-8-10-19(23)4/h8-15,18,22H,7,16-17H2,1-6H3,(H,26,30). The van der Waals surface area contributed by atoms with Crippen molar-refractivity contribution in [1.29, 1.82) is 0 Å². The summed E-state index contributed by atoms with van der Waals surface area (Å²) in [4.78, 5) is 28.0. The molecule has 0 aromatic heterocycles. The van der Waals surface area contributed by atoms with E-state index in [1.54, 1.807) is 50.4 Å². The van der Waals surface area contributed by atoms with Gasteiger partial charge in [0.15, 0.2) is 0 Å². The third kappa shape index (κ3) is 7.21. The number of nitrogens with one attached hydrogen (secondary N) is 1. The minimum Gasteiger partial charge on any atom is -0.497 e. The maximum Gasteiger partial charge on any atom is 0.244 e. The van der Waals surface area contributed by atoms with Crippen LogP contribution in [0.15, 0.2) is 48.5 Å². The van der Waals surface area contributed by atoms with E-state index >= 15 is 0 Å². The molecule has 2 aromatic carbocycles. The molecular weight excluding hydrogens is 454 g/mol. The quantitative estimate of drug-likeness (QED) is 0.523. The van der Waals surface area contributed by atoms with Gasteiger partial charge in [-0.3, -0.25) is 13.9 Å². The fourth-order valence-corrected chi connectivity index (χ4v) is 4.57. The first kappa shape index (κ1) is 27.2. The molecule has 0 saturated heterocycles. The molecule has 0 fully saturated rings. The van der Waals surface area contributed by atoms with Gasteiger partial charge in [-0.1, -0.05) is 37.3 Å². The molecule has 0 aliphatic carbocycles. The summed E-state index contributed by atoms with van der Waals surface area (Å²) < 4.78 is 31.6. The van der Waals surface area contributed by atoms with Crippen LogP contribution in [0.2, 0.25) is 0 Å². The molecule has 1 unspecified atom stereocenters. The molecule has 8 nitrogen and oxygen atoms in total. The van der Waals surface area contributed by atoms with Crippen molar-refractivity contribution >= 4 is 27.5 Å². The zero-order chi connectivity index (χ0) is 25.5. The number of sulfonamides is 1. The number of carbonyl (C=O) groups is 2. The molecule has 0 radical (unpaired) electrons. The summed E-state index contributed by atoms with van der Waals surface area (Å²) in [7, 11) is -2.18. The Labute approximate surface area is 202 Å². The second kappa shape index (κ2) is 11.9. The summed E-state index contributed by atoms with van der Waals surface area (Å²) in [5, 5.41) is 2.87. The SMILES string of the molecule is CCC(C(=O)NC(C)C)N(Cc1ccc(OC)cc1)C(=O)CN(c1ccccc1C)S(C)(=O)=O. The number of ether oxygens (including phenoxy) is 1. The van der Waals surface area contributed by atoms with Crippen LogP contribution >= 0.6 is 0 Å². The maximum atomic E-state index is 13.6. The Hall–Kier alpha value is -3.07. The minimum absolute atomic E-state index is 0.0982. The highest BCUT2D eigenvalue weighted by molar-refractivity contribution is 7.92. The van der Waals surface area contributed by atoms with Gasteiger partial charge in [-0.2, -0.15) is 0 Å². The van der Waals surface area contributed by atoms with Gasteiger partial charge in [0, 0.05) is 12.6 Å². The average Bonchev–Trinajstić information content (AvgIpc) is 2.77. The summed E-state index contributed by atoms with van der Waals surface area (Å²) >= 11 is 0. The van der Waals surface area contributed by atoms with E-state index in [0.717, 1.165) is 21.7 Å². The van der Waals surface area contributed by atoms with E-state index in [-0.39, 0.29) is 18.5 Å². The van der Waals surface area contributed by atoms with E-state index in [1.165, 1.54) is 4.90 Å². The van der Waals surface area contributed by atoms with Crippen LogP contribution in [-0.2, 0) is 26.2 Å². The second-order valence-electron chi connectivity index (χ2n) is 8.51. The van der Waals surface area contributed by atoms with E-state index in [9.17, 15) is 18.0 Å². The molecule has 0 saturated carbocycles.